The van der Waals surface area contributed by atoms with Crippen molar-refractivity contribution < 1.29 is 4.74 Å². The zero-order chi connectivity index (χ0) is 21.5. The SMILES string of the molecule is [C-]#[N+]C(C#N)=C1C=C(C=Cc2ccc(N(C)C)c(CC)c2)OC(c2ccccc2)C1. The van der Waals surface area contributed by atoms with E-state index in [0.29, 0.717) is 17.8 Å². The van der Waals surface area contributed by atoms with Crippen LogP contribution < -0.4 is 4.90 Å². The summed E-state index contributed by atoms with van der Waals surface area (Å²) in [6.07, 6.45) is 6.97. The highest BCUT2D eigenvalue weighted by molar-refractivity contribution is 5.62. The molecule has 0 saturated carbocycles. The normalized spacial score (nSPS) is 17.5. The van der Waals surface area contributed by atoms with Gasteiger partial charge in [-0.25, -0.2) is 10.1 Å². The molecule has 0 fully saturated rings. The van der Waals surface area contributed by atoms with Crippen LogP contribution >= 0.6 is 0 Å². The molecule has 0 saturated heterocycles. The Morgan fingerprint density at radius 1 is 1.23 bits per heavy atom. The number of ether oxygens (including phenoxy) is 1. The van der Waals surface area contributed by atoms with Crippen LogP contribution in [0.15, 0.2) is 77.7 Å². The summed E-state index contributed by atoms with van der Waals surface area (Å²) in [7, 11) is 4.10. The quantitative estimate of drug-likeness (QED) is 0.456. The number of allylic oxidation sites excluding steroid dienone is 3. The lowest BCUT2D eigenvalue weighted by Crippen LogP contribution is -2.11. The second-order valence-corrected chi connectivity index (χ2v) is 7.33. The van der Waals surface area contributed by atoms with Gasteiger partial charge in [0.25, 0.3) is 5.70 Å². The van der Waals surface area contributed by atoms with E-state index in [1.807, 2.05) is 62.6 Å². The van der Waals surface area contributed by atoms with Gasteiger partial charge in [0.1, 0.15) is 11.9 Å². The maximum atomic E-state index is 9.34. The van der Waals surface area contributed by atoms with Crippen molar-refractivity contribution in [2.24, 2.45) is 0 Å². The van der Waals surface area contributed by atoms with Crippen molar-refractivity contribution in [1.29, 1.82) is 5.26 Å². The van der Waals surface area contributed by atoms with Gasteiger partial charge in [0.05, 0.1) is 12.6 Å². The third-order valence-corrected chi connectivity index (χ3v) is 5.10. The highest BCUT2D eigenvalue weighted by Crippen LogP contribution is 2.35. The highest BCUT2D eigenvalue weighted by atomic mass is 16.5. The Labute approximate surface area is 178 Å². The number of hydrogen-bond acceptors (Lipinski definition) is 3. The van der Waals surface area contributed by atoms with Crippen LogP contribution in [0, 0.1) is 17.9 Å². The molecular formula is C26H25N3O. The summed E-state index contributed by atoms with van der Waals surface area (Å²) < 4.78 is 6.20. The lowest BCUT2D eigenvalue weighted by molar-refractivity contribution is 0.118. The van der Waals surface area contributed by atoms with Crippen LogP contribution in [0.3, 0.4) is 0 Å². The lowest BCUT2D eigenvalue weighted by Gasteiger charge is -2.25. The molecular weight excluding hydrogens is 370 g/mol. The van der Waals surface area contributed by atoms with E-state index in [9.17, 15) is 5.26 Å². The van der Waals surface area contributed by atoms with Crippen LogP contribution in [0.4, 0.5) is 5.69 Å². The Kier molecular flexibility index (Phi) is 6.73. The standard InChI is InChI=1S/C26H25N3O/c1-5-20-15-19(12-14-25(20)29(3)4)11-13-23-16-22(24(18-27)28-2)17-26(30-23)21-9-7-6-8-10-21/h6-16,26H,5,17H2,1,3-4H3. The van der Waals surface area contributed by atoms with Gasteiger partial charge >= 0.3 is 0 Å². The minimum Gasteiger partial charge on any atom is -0.485 e. The zero-order valence-electron chi connectivity index (χ0n) is 17.6. The predicted molar refractivity (Wildman–Crippen MR) is 121 cm³/mol. The highest BCUT2D eigenvalue weighted by Gasteiger charge is 2.22. The number of aryl methyl sites for hydroxylation is 1. The molecule has 1 atom stereocenters. The Bertz CT molecular complexity index is 1060. The third-order valence-electron chi connectivity index (χ3n) is 5.10. The summed E-state index contributed by atoms with van der Waals surface area (Å²) in [6, 6.07) is 18.3. The fraction of sp³-hybridized carbons (Fsp3) is 0.231. The molecule has 1 aliphatic rings. The third kappa shape index (κ3) is 4.80. The Balaban J connectivity index is 1.94. The first-order valence-electron chi connectivity index (χ1n) is 9.98. The molecule has 1 unspecified atom stereocenters. The van der Waals surface area contributed by atoms with E-state index in [0.717, 1.165) is 17.5 Å². The molecule has 0 N–H and O–H groups in total. The number of nitrogens with zero attached hydrogens (tertiary/aromatic N) is 3. The molecule has 30 heavy (non-hydrogen) atoms. The van der Waals surface area contributed by atoms with Crippen molar-refractivity contribution in [2.45, 2.75) is 25.9 Å². The number of benzene rings is 2. The average Bonchev–Trinajstić information content (AvgIpc) is 2.78. The molecule has 0 aliphatic carbocycles. The van der Waals surface area contributed by atoms with Crippen LogP contribution in [0.5, 0.6) is 0 Å². The van der Waals surface area contributed by atoms with Crippen LogP contribution in [-0.4, -0.2) is 14.1 Å². The van der Waals surface area contributed by atoms with E-state index in [2.05, 4.69) is 34.9 Å². The van der Waals surface area contributed by atoms with Gasteiger partial charge in [0.15, 0.2) is 0 Å². The molecule has 1 heterocycles. The van der Waals surface area contributed by atoms with E-state index in [1.54, 1.807) is 6.08 Å². The molecule has 0 amide bonds. The summed E-state index contributed by atoms with van der Waals surface area (Å²) in [4.78, 5) is 5.52. The fourth-order valence-corrected chi connectivity index (χ4v) is 3.55. The molecule has 1 aliphatic heterocycles. The molecule has 4 heteroatoms. The van der Waals surface area contributed by atoms with E-state index in [4.69, 9.17) is 11.3 Å². The average molecular weight is 396 g/mol. The first kappa shape index (κ1) is 21.0. The number of rotatable bonds is 5. The summed E-state index contributed by atoms with van der Waals surface area (Å²) in [5, 5.41) is 9.34. The summed E-state index contributed by atoms with van der Waals surface area (Å²) in [6.45, 7) is 9.47. The topological polar surface area (TPSA) is 40.6 Å². The Morgan fingerprint density at radius 2 is 2.00 bits per heavy atom. The predicted octanol–water partition coefficient (Wildman–Crippen LogP) is 6.07. The fourth-order valence-electron chi connectivity index (χ4n) is 3.55. The maximum absolute atomic E-state index is 9.34. The van der Waals surface area contributed by atoms with Gasteiger partial charge in [-0.3, -0.25) is 0 Å². The van der Waals surface area contributed by atoms with Gasteiger partial charge in [0.2, 0.25) is 0 Å². The summed E-state index contributed by atoms with van der Waals surface area (Å²) in [5.74, 6) is 0.649. The second-order valence-electron chi connectivity index (χ2n) is 7.33. The van der Waals surface area contributed by atoms with Crippen LogP contribution in [-0.2, 0) is 11.2 Å². The first-order chi connectivity index (χ1) is 14.5. The second kappa shape index (κ2) is 9.63. The molecule has 150 valence electrons. The number of anilines is 1. The molecule has 0 aromatic heterocycles. The molecule has 0 spiro atoms. The largest absolute Gasteiger partial charge is 0.485 e. The van der Waals surface area contributed by atoms with Crippen LogP contribution in [0.1, 0.15) is 36.1 Å². The maximum Gasteiger partial charge on any atom is 0.265 e. The van der Waals surface area contributed by atoms with E-state index >= 15 is 0 Å². The van der Waals surface area contributed by atoms with Crippen LogP contribution in [0.2, 0.25) is 0 Å². The Hall–Kier alpha value is -3.76. The monoisotopic (exact) mass is 395 g/mol. The molecule has 0 bridgehead atoms. The molecule has 0 radical (unpaired) electrons. The number of hydrogen-bond donors (Lipinski definition) is 0. The van der Waals surface area contributed by atoms with Crippen molar-refractivity contribution in [1.82, 2.24) is 0 Å². The minimum absolute atomic E-state index is 0.119. The summed E-state index contributed by atoms with van der Waals surface area (Å²) >= 11 is 0. The van der Waals surface area contributed by atoms with Gasteiger partial charge in [-0.1, -0.05) is 49.4 Å². The molecule has 2 aromatic rings. The van der Waals surface area contributed by atoms with Gasteiger partial charge < -0.3 is 9.64 Å². The van der Waals surface area contributed by atoms with E-state index in [-0.39, 0.29) is 11.8 Å². The van der Waals surface area contributed by atoms with Crippen molar-refractivity contribution in [2.75, 3.05) is 19.0 Å². The molecule has 4 nitrogen and oxygen atoms in total. The lowest BCUT2D eigenvalue weighted by atomic mass is 9.97. The van der Waals surface area contributed by atoms with E-state index < -0.39 is 0 Å². The minimum atomic E-state index is -0.224. The van der Waals surface area contributed by atoms with Crippen molar-refractivity contribution >= 4 is 11.8 Å². The Morgan fingerprint density at radius 3 is 2.63 bits per heavy atom. The van der Waals surface area contributed by atoms with Crippen molar-refractivity contribution in [3.8, 4) is 6.07 Å². The molecule has 3 rings (SSSR count). The van der Waals surface area contributed by atoms with Crippen molar-refractivity contribution in [3.05, 3.63) is 106 Å². The first-order valence-corrected chi connectivity index (χ1v) is 9.98. The number of nitriles is 1. The van der Waals surface area contributed by atoms with Gasteiger partial charge in [-0.2, -0.15) is 0 Å². The summed E-state index contributed by atoms with van der Waals surface area (Å²) in [5.41, 5.74) is 5.44. The van der Waals surface area contributed by atoms with Gasteiger partial charge in [-0.15, -0.1) is 0 Å². The van der Waals surface area contributed by atoms with E-state index in [1.165, 1.54) is 11.3 Å². The van der Waals surface area contributed by atoms with Gasteiger partial charge in [0, 0.05) is 26.2 Å². The zero-order valence-corrected chi connectivity index (χ0v) is 17.6. The molecule has 2 aromatic carbocycles. The van der Waals surface area contributed by atoms with Crippen molar-refractivity contribution in [3.63, 3.8) is 0 Å². The van der Waals surface area contributed by atoms with Crippen LogP contribution in [0.25, 0.3) is 10.9 Å². The smallest absolute Gasteiger partial charge is 0.265 e. The van der Waals surface area contributed by atoms with Gasteiger partial charge in [-0.05, 0) is 53.0 Å².